The predicted molar refractivity (Wildman–Crippen MR) is 68.1 cm³/mol. The van der Waals surface area contributed by atoms with Crippen molar-refractivity contribution in [2.45, 2.75) is 44.3 Å². The van der Waals surface area contributed by atoms with E-state index in [0.29, 0.717) is 25.8 Å². The van der Waals surface area contributed by atoms with E-state index in [4.69, 9.17) is 15.6 Å². The molecule has 0 saturated carbocycles. The van der Waals surface area contributed by atoms with Crippen molar-refractivity contribution in [1.82, 2.24) is 16.2 Å². The molecule has 0 aromatic rings. The normalized spacial score (nSPS) is 17.6. The highest BCUT2D eigenvalue weighted by Crippen LogP contribution is 2.13. The lowest BCUT2D eigenvalue weighted by Gasteiger charge is -2.14. The van der Waals surface area contributed by atoms with Gasteiger partial charge in [0.25, 0.3) is 0 Å². The number of alkyl carbamates (subject to hydrolysis) is 1. The summed E-state index contributed by atoms with van der Waals surface area (Å²) in [4.78, 5) is 22.4. The topological polar surface area (TPSA) is 146 Å². The third-order valence-electron chi connectivity index (χ3n) is 2.92. The Kier molecular flexibility index (Phi) is 6.00. The van der Waals surface area contributed by atoms with E-state index in [0.717, 1.165) is 6.42 Å². The highest BCUT2D eigenvalue weighted by Gasteiger charge is 2.35. The van der Waals surface area contributed by atoms with Gasteiger partial charge in [-0.1, -0.05) is 0 Å². The minimum atomic E-state index is -1.06. The molecule has 0 aromatic carbocycles. The van der Waals surface area contributed by atoms with Crippen molar-refractivity contribution >= 4 is 12.1 Å². The minimum Gasteiger partial charge on any atom is -0.480 e. The van der Waals surface area contributed by atoms with Crippen LogP contribution in [0.15, 0.2) is 0 Å². The van der Waals surface area contributed by atoms with Gasteiger partial charge < -0.3 is 20.9 Å². The molecule has 0 aromatic heterocycles. The maximum Gasteiger partial charge on any atom is 0.407 e. The van der Waals surface area contributed by atoms with Crippen molar-refractivity contribution in [3.63, 3.8) is 0 Å². The molecule has 0 radical (unpaired) electrons. The molecule has 1 heterocycles. The quantitative estimate of drug-likeness (QED) is 0.281. The van der Waals surface area contributed by atoms with Crippen LogP contribution in [0.2, 0.25) is 0 Å². The van der Waals surface area contributed by atoms with Crippen LogP contribution in [-0.4, -0.2) is 42.0 Å². The zero-order valence-corrected chi connectivity index (χ0v) is 11.1. The molecule has 0 spiro atoms. The number of hydrazine groups is 1. The van der Waals surface area contributed by atoms with Crippen molar-refractivity contribution in [2.75, 3.05) is 13.2 Å². The average Bonchev–Trinajstić information content (AvgIpc) is 3.06. The standard InChI is InChI=1S/C11H22N4O4/c1-11(14-15-11)5-7-19-10(18)13-8(9(16)17)4-2-3-6-12/h8,14-15H,2-7,12H2,1H3,(H,13,18)(H,16,17)/t8-/m0/s1. The molecule has 1 saturated heterocycles. The van der Waals surface area contributed by atoms with Gasteiger partial charge in [0, 0.05) is 6.42 Å². The van der Waals surface area contributed by atoms with E-state index in [9.17, 15) is 9.59 Å². The van der Waals surface area contributed by atoms with Gasteiger partial charge in [0.2, 0.25) is 0 Å². The number of amides is 1. The number of nitrogens with one attached hydrogen (secondary N) is 3. The lowest BCUT2D eigenvalue weighted by molar-refractivity contribution is -0.139. The molecule has 8 nitrogen and oxygen atoms in total. The van der Waals surface area contributed by atoms with E-state index in [2.05, 4.69) is 16.2 Å². The monoisotopic (exact) mass is 274 g/mol. The fourth-order valence-corrected chi connectivity index (χ4v) is 1.51. The van der Waals surface area contributed by atoms with E-state index in [1.807, 2.05) is 6.92 Å². The second-order valence-electron chi connectivity index (χ2n) is 4.79. The number of unbranched alkanes of at least 4 members (excludes halogenated alkanes) is 1. The maximum atomic E-state index is 11.4. The highest BCUT2D eigenvalue weighted by molar-refractivity contribution is 5.79. The van der Waals surface area contributed by atoms with Crippen LogP contribution in [0.5, 0.6) is 0 Å². The van der Waals surface area contributed by atoms with Crippen molar-refractivity contribution < 1.29 is 19.4 Å². The minimum absolute atomic E-state index is 0.173. The summed E-state index contributed by atoms with van der Waals surface area (Å²) in [5, 5.41) is 11.3. The third-order valence-corrected chi connectivity index (χ3v) is 2.92. The number of carbonyl (C=O) groups is 2. The Morgan fingerprint density at radius 2 is 2.11 bits per heavy atom. The Morgan fingerprint density at radius 1 is 1.42 bits per heavy atom. The summed E-state index contributed by atoms with van der Waals surface area (Å²) < 4.78 is 4.93. The first kappa shape index (κ1) is 15.7. The summed E-state index contributed by atoms with van der Waals surface area (Å²) in [5.74, 6) is -1.06. The lowest BCUT2D eigenvalue weighted by atomic mass is 10.1. The zero-order chi connectivity index (χ0) is 14.3. The molecule has 1 aliphatic rings. The summed E-state index contributed by atoms with van der Waals surface area (Å²) >= 11 is 0. The number of hydrogen-bond acceptors (Lipinski definition) is 6. The Balaban J connectivity index is 2.20. The molecular weight excluding hydrogens is 252 g/mol. The summed E-state index contributed by atoms with van der Waals surface area (Å²) in [6.45, 7) is 2.66. The van der Waals surface area contributed by atoms with Crippen LogP contribution < -0.4 is 21.9 Å². The van der Waals surface area contributed by atoms with Gasteiger partial charge >= 0.3 is 12.1 Å². The SMILES string of the molecule is CC1(CCOC(=O)N[C@@H](CCCCN)C(=O)O)NN1. The first-order chi connectivity index (χ1) is 8.97. The summed E-state index contributed by atoms with van der Waals surface area (Å²) in [5.41, 5.74) is 11.0. The molecule has 0 aliphatic carbocycles. The number of nitrogens with two attached hydrogens (primary N) is 1. The first-order valence-corrected chi connectivity index (χ1v) is 6.37. The van der Waals surface area contributed by atoms with Gasteiger partial charge in [-0.05, 0) is 32.7 Å². The molecular formula is C11H22N4O4. The molecule has 1 atom stereocenters. The van der Waals surface area contributed by atoms with E-state index < -0.39 is 18.1 Å². The highest BCUT2D eigenvalue weighted by atomic mass is 16.5. The number of ether oxygens (including phenoxy) is 1. The van der Waals surface area contributed by atoms with Crippen LogP contribution in [-0.2, 0) is 9.53 Å². The van der Waals surface area contributed by atoms with Crippen LogP contribution in [0.25, 0.3) is 0 Å². The molecule has 1 amide bonds. The molecule has 0 unspecified atom stereocenters. The van der Waals surface area contributed by atoms with Crippen LogP contribution in [0.4, 0.5) is 4.79 Å². The maximum absolute atomic E-state index is 11.4. The van der Waals surface area contributed by atoms with Gasteiger partial charge in [-0.3, -0.25) is 0 Å². The van der Waals surface area contributed by atoms with Crippen molar-refractivity contribution in [3.8, 4) is 0 Å². The predicted octanol–water partition coefficient (Wildman–Crippen LogP) is -0.491. The Labute approximate surface area is 112 Å². The summed E-state index contributed by atoms with van der Waals surface area (Å²) in [6, 6.07) is -0.924. The molecule has 1 aliphatic heterocycles. The molecule has 6 N–H and O–H groups in total. The van der Waals surface area contributed by atoms with Crippen LogP contribution >= 0.6 is 0 Å². The van der Waals surface area contributed by atoms with Crippen molar-refractivity contribution in [2.24, 2.45) is 5.73 Å². The molecule has 110 valence electrons. The van der Waals surface area contributed by atoms with Gasteiger partial charge in [-0.15, -0.1) is 0 Å². The number of carboxylic acid groups (broad SMARTS) is 1. The molecule has 19 heavy (non-hydrogen) atoms. The second-order valence-corrected chi connectivity index (χ2v) is 4.79. The first-order valence-electron chi connectivity index (χ1n) is 6.37. The number of hydrogen-bond donors (Lipinski definition) is 5. The van der Waals surface area contributed by atoms with Crippen LogP contribution in [0.3, 0.4) is 0 Å². The summed E-state index contributed by atoms with van der Waals surface area (Å²) in [7, 11) is 0. The van der Waals surface area contributed by atoms with Gasteiger partial charge in [-0.2, -0.15) is 0 Å². The van der Waals surface area contributed by atoms with E-state index in [-0.39, 0.29) is 12.3 Å². The number of rotatable bonds is 9. The zero-order valence-electron chi connectivity index (χ0n) is 11.1. The van der Waals surface area contributed by atoms with E-state index in [1.165, 1.54) is 0 Å². The number of aliphatic carboxylic acids is 1. The number of carboxylic acids is 1. The molecule has 1 rings (SSSR count). The van der Waals surface area contributed by atoms with Gasteiger partial charge in [0.1, 0.15) is 6.04 Å². The average molecular weight is 274 g/mol. The Morgan fingerprint density at radius 3 is 2.63 bits per heavy atom. The van der Waals surface area contributed by atoms with Crippen LogP contribution in [0.1, 0.15) is 32.6 Å². The Bertz CT molecular complexity index is 320. The fourth-order valence-electron chi connectivity index (χ4n) is 1.51. The van der Waals surface area contributed by atoms with E-state index in [1.54, 1.807) is 0 Å². The smallest absolute Gasteiger partial charge is 0.407 e. The number of carbonyl (C=O) groups excluding carboxylic acids is 1. The second kappa shape index (κ2) is 7.27. The molecule has 0 bridgehead atoms. The van der Waals surface area contributed by atoms with E-state index >= 15 is 0 Å². The molecule has 1 fully saturated rings. The lowest BCUT2D eigenvalue weighted by Crippen LogP contribution is -2.41. The third kappa shape index (κ3) is 6.37. The fraction of sp³-hybridized carbons (Fsp3) is 0.818. The van der Waals surface area contributed by atoms with Gasteiger partial charge in [0.05, 0.1) is 12.3 Å². The van der Waals surface area contributed by atoms with Crippen molar-refractivity contribution in [3.05, 3.63) is 0 Å². The largest absolute Gasteiger partial charge is 0.480 e. The summed E-state index contributed by atoms with van der Waals surface area (Å²) in [6.07, 6.45) is 1.65. The van der Waals surface area contributed by atoms with Gasteiger partial charge in [-0.25, -0.2) is 20.4 Å². The van der Waals surface area contributed by atoms with Crippen molar-refractivity contribution in [1.29, 1.82) is 0 Å². The molecule has 8 heteroatoms. The van der Waals surface area contributed by atoms with Gasteiger partial charge in [0.15, 0.2) is 0 Å². The Hall–Kier alpha value is -1.38. The van der Waals surface area contributed by atoms with Crippen LogP contribution in [0, 0.1) is 0 Å².